The van der Waals surface area contributed by atoms with E-state index in [2.05, 4.69) is 34.9 Å². The number of fused-ring (bicyclic) bond motifs is 3. The van der Waals surface area contributed by atoms with Crippen molar-refractivity contribution in [3.63, 3.8) is 0 Å². The van der Waals surface area contributed by atoms with Crippen LogP contribution in [-0.2, 0) is 14.3 Å². The highest BCUT2D eigenvalue weighted by Crippen LogP contribution is 2.44. The van der Waals surface area contributed by atoms with Crippen LogP contribution in [0.2, 0.25) is 0 Å². The summed E-state index contributed by atoms with van der Waals surface area (Å²) >= 11 is 0. The van der Waals surface area contributed by atoms with Gasteiger partial charge in [-0.05, 0) is 54.4 Å². The Morgan fingerprint density at radius 2 is 1.57 bits per heavy atom. The lowest BCUT2D eigenvalue weighted by molar-refractivity contribution is -0.141. The molecule has 0 radical (unpaired) electrons. The minimum atomic E-state index is -0.809. The van der Waals surface area contributed by atoms with Gasteiger partial charge in [-0.1, -0.05) is 62.4 Å². The van der Waals surface area contributed by atoms with E-state index < -0.39 is 23.4 Å². The van der Waals surface area contributed by atoms with Crippen LogP contribution in [0.5, 0.6) is 0 Å². The third-order valence-electron chi connectivity index (χ3n) is 7.87. The zero-order valence-electron chi connectivity index (χ0n) is 20.4. The molecule has 1 saturated carbocycles. The summed E-state index contributed by atoms with van der Waals surface area (Å²) < 4.78 is 5.63. The third kappa shape index (κ3) is 5.04. The number of carboxylic acid groups (broad SMARTS) is 1. The molecule has 2 atom stereocenters. The van der Waals surface area contributed by atoms with Crippen molar-refractivity contribution in [3.05, 3.63) is 59.7 Å². The number of carbonyl (C=O) groups is 3. The summed E-state index contributed by atoms with van der Waals surface area (Å²) in [5, 5.41) is 15.1. The minimum Gasteiger partial charge on any atom is -0.481 e. The van der Waals surface area contributed by atoms with Gasteiger partial charge >= 0.3 is 12.1 Å². The van der Waals surface area contributed by atoms with Crippen LogP contribution in [0.1, 0.15) is 63.0 Å². The molecule has 2 aromatic carbocycles. The van der Waals surface area contributed by atoms with Crippen molar-refractivity contribution >= 4 is 18.0 Å². The number of aliphatic carboxylic acids is 1. The van der Waals surface area contributed by atoms with Crippen LogP contribution < -0.4 is 10.6 Å². The van der Waals surface area contributed by atoms with Crippen LogP contribution in [0.25, 0.3) is 11.1 Å². The van der Waals surface area contributed by atoms with Crippen molar-refractivity contribution in [2.75, 3.05) is 13.2 Å². The number of carbonyl (C=O) groups excluding carboxylic acids is 2. The van der Waals surface area contributed by atoms with E-state index in [0.29, 0.717) is 32.1 Å². The fourth-order valence-corrected chi connectivity index (χ4v) is 5.47. The number of carboxylic acids is 1. The van der Waals surface area contributed by atoms with Crippen LogP contribution >= 0.6 is 0 Å². The molecule has 2 aromatic rings. The number of ether oxygens (including phenoxy) is 1. The van der Waals surface area contributed by atoms with E-state index >= 15 is 0 Å². The normalized spacial score (nSPS) is 19.0. The maximum Gasteiger partial charge on any atom is 0.407 e. The van der Waals surface area contributed by atoms with Gasteiger partial charge in [0, 0.05) is 18.5 Å². The highest BCUT2D eigenvalue weighted by atomic mass is 16.5. The smallest absolute Gasteiger partial charge is 0.407 e. The Morgan fingerprint density at radius 1 is 0.971 bits per heavy atom. The molecule has 2 amide bonds. The van der Waals surface area contributed by atoms with Crippen molar-refractivity contribution in [2.45, 2.75) is 57.9 Å². The Kier molecular flexibility index (Phi) is 7.43. The van der Waals surface area contributed by atoms with E-state index in [4.69, 9.17) is 4.74 Å². The van der Waals surface area contributed by atoms with Crippen LogP contribution in [0.4, 0.5) is 4.79 Å². The summed E-state index contributed by atoms with van der Waals surface area (Å²) in [4.78, 5) is 37.1. The Labute approximate surface area is 206 Å². The van der Waals surface area contributed by atoms with Gasteiger partial charge in [-0.15, -0.1) is 0 Å². The van der Waals surface area contributed by atoms with E-state index in [1.807, 2.05) is 38.1 Å². The number of nitrogens with one attached hydrogen (secondary N) is 2. The monoisotopic (exact) mass is 478 g/mol. The molecule has 0 heterocycles. The lowest BCUT2D eigenvalue weighted by atomic mass is 9.81. The Morgan fingerprint density at radius 3 is 2.11 bits per heavy atom. The standard InChI is InChI=1S/C28H34N2O5/c1-3-28(4-2,26(33)30-19-14-13-18(15-19)25(31)32)17-29-27(34)35-16-24-22-11-7-5-9-20(22)21-10-6-8-12-23(21)24/h5-12,18-19,24H,3-4,13-17H2,1-2H3,(H,29,34)(H,30,33)(H,31,32)/t18-,19+/m1/s1. The lowest BCUT2D eigenvalue weighted by Crippen LogP contribution is -2.50. The van der Waals surface area contributed by atoms with Gasteiger partial charge in [-0.2, -0.15) is 0 Å². The number of alkyl carbamates (subject to hydrolysis) is 1. The molecule has 3 N–H and O–H groups in total. The molecular formula is C28H34N2O5. The topological polar surface area (TPSA) is 105 Å². The van der Waals surface area contributed by atoms with Gasteiger partial charge in [0.15, 0.2) is 0 Å². The number of hydrogen-bond acceptors (Lipinski definition) is 4. The number of hydrogen-bond donors (Lipinski definition) is 3. The van der Waals surface area contributed by atoms with Gasteiger partial charge in [0.25, 0.3) is 0 Å². The lowest BCUT2D eigenvalue weighted by Gasteiger charge is -2.31. The molecule has 4 rings (SSSR count). The first-order valence-corrected chi connectivity index (χ1v) is 12.5. The highest BCUT2D eigenvalue weighted by Gasteiger charge is 2.39. The summed E-state index contributed by atoms with van der Waals surface area (Å²) in [5.41, 5.74) is 3.86. The van der Waals surface area contributed by atoms with Crippen molar-refractivity contribution in [1.29, 1.82) is 0 Å². The van der Waals surface area contributed by atoms with Crippen molar-refractivity contribution in [3.8, 4) is 11.1 Å². The second-order valence-electron chi connectivity index (χ2n) is 9.69. The SMILES string of the molecule is CCC(CC)(CNC(=O)OCC1c2ccccc2-c2ccccc21)C(=O)N[C@H]1CC[C@@H](C(=O)O)C1. The molecule has 35 heavy (non-hydrogen) atoms. The number of benzene rings is 2. The molecule has 0 aliphatic heterocycles. The molecule has 2 aliphatic carbocycles. The fraction of sp³-hybridized carbons (Fsp3) is 0.464. The molecule has 7 nitrogen and oxygen atoms in total. The largest absolute Gasteiger partial charge is 0.481 e. The zero-order chi connectivity index (χ0) is 25.0. The molecule has 186 valence electrons. The van der Waals surface area contributed by atoms with Gasteiger partial charge in [0.2, 0.25) is 5.91 Å². The molecule has 7 heteroatoms. The zero-order valence-corrected chi connectivity index (χ0v) is 20.4. The van der Waals surface area contributed by atoms with E-state index in [0.717, 1.165) is 11.1 Å². The van der Waals surface area contributed by atoms with E-state index in [9.17, 15) is 19.5 Å². The quantitative estimate of drug-likeness (QED) is 0.485. The summed E-state index contributed by atoms with van der Waals surface area (Å²) in [5.74, 6) is -1.38. The highest BCUT2D eigenvalue weighted by molar-refractivity contribution is 5.84. The average molecular weight is 479 g/mol. The van der Waals surface area contributed by atoms with E-state index in [1.165, 1.54) is 11.1 Å². The van der Waals surface area contributed by atoms with Crippen molar-refractivity contribution in [2.24, 2.45) is 11.3 Å². The van der Waals surface area contributed by atoms with Gasteiger partial charge in [-0.3, -0.25) is 9.59 Å². The van der Waals surface area contributed by atoms with Crippen LogP contribution in [0.15, 0.2) is 48.5 Å². The Bertz CT molecular complexity index is 1050. The predicted octanol–water partition coefficient (Wildman–Crippen LogP) is 4.70. The molecule has 1 fully saturated rings. The van der Waals surface area contributed by atoms with Crippen molar-refractivity contribution in [1.82, 2.24) is 10.6 Å². The maximum atomic E-state index is 13.2. The first-order valence-electron chi connectivity index (χ1n) is 12.5. The molecule has 2 aliphatic rings. The molecular weight excluding hydrogens is 444 g/mol. The summed E-state index contributed by atoms with van der Waals surface area (Å²) in [6.07, 6.45) is 2.24. The minimum absolute atomic E-state index is 0.0249. The first-order chi connectivity index (χ1) is 16.9. The molecule has 0 aromatic heterocycles. The number of amides is 2. The van der Waals surface area contributed by atoms with Gasteiger partial charge < -0.3 is 20.5 Å². The van der Waals surface area contributed by atoms with Gasteiger partial charge in [-0.25, -0.2) is 4.79 Å². The van der Waals surface area contributed by atoms with Gasteiger partial charge in [0.1, 0.15) is 6.61 Å². The molecule has 0 saturated heterocycles. The molecule has 0 bridgehead atoms. The number of rotatable bonds is 9. The maximum absolute atomic E-state index is 13.2. The Hall–Kier alpha value is -3.35. The summed E-state index contributed by atoms with van der Waals surface area (Å²) in [6, 6.07) is 16.2. The third-order valence-corrected chi connectivity index (χ3v) is 7.87. The van der Waals surface area contributed by atoms with E-state index in [1.54, 1.807) is 0 Å². The first kappa shape index (κ1) is 24.8. The molecule has 0 spiro atoms. The molecule has 0 unspecified atom stereocenters. The average Bonchev–Trinajstić information content (AvgIpc) is 3.47. The fourth-order valence-electron chi connectivity index (χ4n) is 5.47. The second kappa shape index (κ2) is 10.5. The van der Waals surface area contributed by atoms with Crippen LogP contribution in [0, 0.1) is 11.3 Å². The summed E-state index contributed by atoms with van der Waals surface area (Å²) in [7, 11) is 0. The van der Waals surface area contributed by atoms with Crippen LogP contribution in [-0.4, -0.2) is 42.3 Å². The van der Waals surface area contributed by atoms with E-state index in [-0.39, 0.29) is 31.0 Å². The predicted molar refractivity (Wildman–Crippen MR) is 133 cm³/mol. The van der Waals surface area contributed by atoms with Crippen molar-refractivity contribution < 1.29 is 24.2 Å². The summed E-state index contributed by atoms with van der Waals surface area (Å²) in [6.45, 7) is 4.24. The van der Waals surface area contributed by atoms with Gasteiger partial charge in [0.05, 0.1) is 11.3 Å². The Balaban J connectivity index is 1.34. The van der Waals surface area contributed by atoms with Crippen LogP contribution in [0.3, 0.4) is 0 Å². The second-order valence-corrected chi connectivity index (χ2v) is 9.69.